The number of hydrogen-bond acceptors (Lipinski definition) is 6. The molecular weight excluding hydrogens is 432 g/mol. The maximum Gasteiger partial charge on any atom is 0.307 e. The van der Waals surface area contributed by atoms with E-state index in [4.69, 9.17) is 14.0 Å². The van der Waals surface area contributed by atoms with Crippen LogP contribution in [0.4, 0.5) is 0 Å². The Labute approximate surface area is 199 Å². The quantitative estimate of drug-likeness (QED) is 0.482. The Bertz CT molecular complexity index is 1220. The Morgan fingerprint density at radius 1 is 1.18 bits per heavy atom. The lowest BCUT2D eigenvalue weighted by molar-refractivity contribution is -0.141. The zero-order valence-electron chi connectivity index (χ0n) is 19.6. The van der Waals surface area contributed by atoms with E-state index in [-0.39, 0.29) is 6.10 Å². The average molecular weight is 461 g/mol. The molecule has 1 saturated carbocycles. The molecule has 1 aliphatic rings. The van der Waals surface area contributed by atoms with Gasteiger partial charge in [-0.3, -0.25) is 4.79 Å². The number of hydrogen-bond donors (Lipinski definition) is 1. The van der Waals surface area contributed by atoms with Gasteiger partial charge >= 0.3 is 5.97 Å². The number of nitrogens with zero attached hydrogens (tertiary/aromatic N) is 2. The van der Waals surface area contributed by atoms with Crippen molar-refractivity contribution in [1.29, 1.82) is 0 Å². The highest BCUT2D eigenvalue weighted by Crippen LogP contribution is 2.36. The lowest BCUT2D eigenvalue weighted by Crippen LogP contribution is -2.18. The third-order valence-electron chi connectivity index (χ3n) is 6.04. The van der Waals surface area contributed by atoms with Crippen LogP contribution in [0.5, 0.6) is 11.5 Å². The number of rotatable bonds is 7. The number of aryl methyl sites for hydroxylation is 1. The van der Waals surface area contributed by atoms with Crippen molar-refractivity contribution < 1.29 is 23.9 Å². The number of carboxylic acid groups (broad SMARTS) is 1. The predicted octanol–water partition coefficient (Wildman–Crippen LogP) is 5.23. The lowest BCUT2D eigenvalue weighted by Gasteiger charge is -2.20. The average Bonchev–Trinajstić information content (AvgIpc) is 3.51. The molecule has 4 rings (SSSR count). The highest BCUT2D eigenvalue weighted by atomic mass is 16.5. The summed E-state index contributed by atoms with van der Waals surface area (Å²) in [4.78, 5) is 16.2. The fourth-order valence-electron chi connectivity index (χ4n) is 4.11. The second-order valence-corrected chi connectivity index (χ2v) is 8.54. The van der Waals surface area contributed by atoms with Crippen LogP contribution in [0.2, 0.25) is 0 Å². The van der Waals surface area contributed by atoms with Crippen LogP contribution in [0.15, 0.2) is 47.0 Å². The largest absolute Gasteiger partial charge is 0.493 e. The third kappa shape index (κ3) is 5.40. The second kappa shape index (κ2) is 10.4. The maximum atomic E-state index is 11.9. The van der Waals surface area contributed by atoms with Gasteiger partial charge in [-0.1, -0.05) is 36.1 Å². The van der Waals surface area contributed by atoms with Crippen LogP contribution in [0, 0.1) is 24.7 Å². The molecule has 0 radical (unpaired) electrons. The molecule has 3 aromatic rings. The van der Waals surface area contributed by atoms with E-state index in [2.05, 4.69) is 22.0 Å². The molecule has 34 heavy (non-hydrogen) atoms. The van der Waals surface area contributed by atoms with Gasteiger partial charge in [0.15, 0.2) is 17.3 Å². The van der Waals surface area contributed by atoms with Gasteiger partial charge in [0.25, 0.3) is 5.89 Å². The van der Waals surface area contributed by atoms with E-state index in [1.54, 1.807) is 21.0 Å². The molecule has 7 heteroatoms. The van der Waals surface area contributed by atoms with Gasteiger partial charge in [0.2, 0.25) is 0 Å². The summed E-state index contributed by atoms with van der Waals surface area (Å²) < 4.78 is 16.9. The number of benzene rings is 2. The molecule has 1 fully saturated rings. The first-order valence-electron chi connectivity index (χ1n) is 11.4. The van der Waals surface area contributed by atoms with Crippen molar-refractivity contribution in [1.82, 2.24) is 10.1 Å². The second-order valence-electron chi connectivity index (χ2n) is 8.54. The molecule has 1 heterocycles. The summed E-state index contributed by atoms with van der Waals surface area (Å²) in [6.07, 6.45) is 4.48. The third-order valence-corrected chi connectivity index (χ3v) is 6.04. The summed E-state index contributed by atoms with van der Waals surface area (Å²) in [7, 11) is 1.60. The summed E-state index contributed by atoms with van der Waals surface area (Å²) >= 11 is 0. The monoisotopic (exact) mass is 460 g/mol. The number of aromatic nitrogens is 2. The number of ether oxygens (including phenoxy) is 2. The molecule has 1 N–H and O–H groups in total. The van der Waals surface area contributed by atoms with Crippen molar-refractivity contribution in [3.63, 3.8) is 0 Å². The molecule has 2 aromatic carbocycles. The van der Waals surface area contributed by atoms with E-state index in [1.807, 2.05) is 42.5 Å². The van der Waals surface area contributed by atoms with Crippen molar-refractivity contribution in [2.75, 3.05) is 7.11 Å². The van der Waals surface area contributed by atoms with Crippen molar-refractivity contribution in [3.8, 4) is 34.8 Å². The normalized spacial score (nSPS) is 15.3. The summed E-state index contributed by atoms with van der Waals surface area (Å²) in [5.74, 6) is 6.38. The highest BCUT2D eigenvalue weighted by molar-refractivity contribution is 5.72. The van der Waals surface area contributed by atoms with Gasteiger partial charge in [0, 0.05) is 11.1 Å². The molecule has 0 saturated heterocycles. The molecule has 1 aliphatic carbocycles. The predicted molar refractivity (Wildman–Crippen MR) is 127 cm³/mol. The van der Waals surface area contributed by atoms with Gasteiger partial charge in [-0.25, -0.2) is 0 Å². The molecule has 0 bridgehead atoms. The van der Waals surface area contributed by atoms with E-state index in [0.717, 1.165) is 42.4 Å². The van der Waals surface area contributed by atoms with Gasteiger partial charge in [-0.2, -0.15) is 4.98 Å². The topological polar surface area (TPSA) is 94.7 Å². The van der Waals surface area contributed by atoms with E-state index in [0.29, 0.717) is 23.2 Å². The first-order chi connectivity index (χ1) is 16.4. The standard InChI is InChI=1S/C27H28N2O5/c1-17(27(30)31)23(13-11-19-7-6-8-21(15-19)26-28-18(2)29-34-26)20-12-14-24(32-3)25(16-20)33-22-9-4-5-10-22/h6-8,12,14-17,22-23H,4-5,9-10H2,1-3H3,(H,30,31)/t17-,23?/m0/s1. The Morgan fingerprint density at radius 2 is 1.97 bits per heavy atom. The van der Waals surface area contributed by atoms with E-state index < -0.39 is 17.8 Å². The summed E-state index contributed by atoms with van der Waals surface area (Å²) in [5, 5.41) is 13.6. The molecule has 1 aromatic heterocycles. The van der Waals surface area contributed by atoms with Crippen molar-refractivity contribution in [3.05, 3.63) is 59.4 Å². The molecular formula is C27H28N2O5. The summed E-state index contributed by atoms with van der Waals surface area (Å²) in [6.45, 7) is 3.43. The van der Waals surface area contributed by atoms with Gasteiger partial charge in [-0.05, 0) is 68.5 Å². The van der Waals surface area contributed by atoms with Crippen LogP contribution >= 0.6 is 0 Å². The molecule has 1 unspecified atom stereocenters. The number of carboxylic acids is 1. The van der Waals surface area contributed by atoms with Crippen LogP contribution in [0.25, 0.3) is 11.5 Å². The molecule has 0 amide bonds. The van der Waals surface area contributed by atoms with Gasteiger partial charge in [-0.15, -0.1) is 0 Å². The molecule has 0 spiro atoms. The smallest absolute Gasteiger partial charge is 0.307 e. The number of methoxy groups -OCH3 is 1. The highest BCUT2D eigenvalue weighted by Gasteiger charge is 2.26. The Hall–Kier alpha value is -3.79. The zero-order chi connectivity index (χ0) is 24.1. The molecule has 176 valence electrons. The number of carbonyl (C=O) groups is 1. The lowest BCUT2D eigenvalue weighted by atomic mass is 9.87. The van der Waals surface area contributed by atoms with Crippen molar-refractivity contribution in [2.45, 2.75) is 51.6 Å². The Morgan fingerprint density at radius 3 is 2.65 bits per heavy atom. The number of aliphatic carboxylic acids is 1. The van der Waals surface area contributed by atoms with E-state index >= 15 is 0 Å². The van der Waals surface area contributed by atoms with E-state index in [9.17, 15) is 9.90 Å². The fourth-order valence-corrected chi connectivity index (χ4v) is 4.11. The first kappa shape index (κ1) is 23.4. The minimum Gasteiger partial charge on any atom is -0.493 e. The Kier molecular flexibility index (Phi) is 7.17. The first-order valence-corrected chi connectivity index (χ1v) is 11.4. The summed E-state index contributed by atoms with van der Waals surface area (Å²) in [5.41, 5.74) is 2.26. The SMILES string of the molecule is COc1ccc(C(C#Cc2cccc(-c3nc(C)no3)c2)[C@H](C)C(=O)O)cc1OC1CCCC1. The molecule has 7 nitrogen and oxygen atoms in total. The van der Waals surface area contributed by atoms with Crippen LogP contribution < -0.4 is 9.47 Å². The minimum absolute atomic E-state index is 0.154. The van der Waals surface area contributed by atoms with Crippen molar-refractivity contribution >= 4 is 5.97 Å². The van der Waals surface area contributed by atoms with Crippen LogP contribution in [0.3, 0.4) is 0 Å². The Balaban J connectivity index is 1.66. The van der Waals surface area contributed by atoms with Crippen LogP contribution in [-0.4, -0.2) is 34.4 Å². The zero-order valence-corrected chi connectivity index (χ0v) is 19.6. The summed E-state index contributed by atoms with van der Waals surface area (Å²) in [6, 6.07) is 13.0. The molecule has 2 atom stereocenters. The fraction of sp³-hybridized carbons (Fsp3) is 0.370. The van der Waals surface area contributed by atoms with Crippen LogP contribution in [0.1, 0.15) is 55.5 Å². The van der Waals surface area contributed by atoms with Gasteiger partial charge in [0.1, 0.15) is 0 Å². The maximum absolute atomic E-state index is 11.9. The molecule has 0 aliphatic heterocycles. The minimum atomic E-state index is -0.913. The van der Waals surface area contributed by atoms with Crippen LogP contribution in [-0.2, 0) is 4.79 Å². The van der Waals surface area contributed by atoms with Gasteiger partial charge < -0.3 is 19.1 Å². The van der Waals surface area contributed by atoms with Gasteiger partial charge in [0.05, 0.1) is 25.0 Å². The van der Waals surface area contributed by atoms with Crippen molar-refractivity contribution in [2.24, 2.45) is 5.92 Å². The van der Waals surface area contributed by atoms with E-state index in [1.165, 1.54) is 0 Å².